The summed E-state index contributed by atoms with van der Waals surface area (Å²) in [4.78, 5) is 28.9. The molecular formula is C21H35N3O3. The first kappa shape index (κ1) is 15.6. The van der Waals surface area contributed by atoms with E-state index >= 15 is 0 Å². The third-order valence-electron chi connectivity index (χ3n) is 7.53. The van der Waals surface area contributed by atoms with E-state index < -0.39 is 19.6 Å². The van der Waals surface area contributed by atoms with Gasteiger partial charge in [-0.25, -0.2) is 4.79 Å². The molecule has 4 aliphatic rings. The van der Waals surface area contributed by atoms with Crippen LogP contribution in [0.2, 0.25) is 0 Å². The molecule has 2 amide bonds. The summed E-state index contributed by atoms with van der Waals surface area (Å²) in [5, 5.41) is 3.27. The van der Waals surface area contributed by atoms with Gasteiger partial charge < -0.3 is 19.9 Å². The number of carbonyl (C=O) groups excluding carboxylic acids is 2. The van der Waals surface area contributed by atoms with Crippen LogP contribution in [0, 0.1) is 11.3 Å². The van der Waals surface area contributed by atoms with Crippen molar-refractivity contribution in [1.29, 1.82) is 0 Å². The van der Waals surface area contributed by atoms with Gasteiger partial charge in [-0.05, 0) is 83.6 Å². The van der Waals surface area contributed by atoms with Crippen LogP contribution in [-0.4, -0.2) is 66.2 Å². The zero-order valence-electron chi connectivity index (χ0n) is 19.5. The van der Waals surface area contributed by atoms with E-state index in [1.54, 1.807) is 4.90 Å². The minimum Gasteiger partial charge on any atom is -0.450 e. The number of nitrogens with zero attached hydrogens (tertiary/aromatic N) is 2. The van der Waals surface area contributed by atoms with Crippen LogP contribution in [-0.2, 0) is 9.53 Å². The predicted molar refractivity (Wildman–Crippen MR) is 103 cm³/mol. The van der Waals surface area contributed by atoms with E-state index in [0.29, 0.717) is 19.1 Å². The van der Waals surface area contributed by atoms with E-state index in [-0.39, 0.29) is 22.8 Å². The molecule has 4 fully saturated rings. The highest BCUT2D eigenvalue weighted by Crippen LogP contribution is 2.50. The summed E-state index contributed by atoms with van der Waals surface area (Å²) in [6.07, 6.45) is 7.88. The molecule has 0 unspecified atom stereocenters. The first-order chi connectivity index (χ1) is 14.1. The Morgan fingerprint density at radius 2 is 1.93 bits per heavy atom. The molecule has 1 N–H and O–H groups in total. The van der Waals surface area contributed by atoms with E-state index in [2.05, 4.69) is 17.1 Å². The number of rotatable bonds is 4. The fourth-order valence-electron chi connectivity index (χ4n) is 5.53. The van der Waals surface area contributed by atoms with Gasteiger partial charge in [-0.15, -0.1) is 0 Å². The summed E-state index contributed by atoms with van der Waals surface area (Å²) in [6, 6.07) is 0.538. The van der Waals surface area contributed by atoms with Gasteiger partial charge in [0, 0.05) is 34.7 Å². The molecule has 0 aromatic rings. The highest BCUT2D eigenvalue weighted by atomic mass is 16.6. The van der Waals surface area contributed by atoms with Crippen LogP contribution in [0.1, 0.15) is 69.3 Å². The lowest BCUT2D eigenvalue weighted by Gasteiger charge is -2.51. The van der Waals surface area contributed by atoms with Crippen molar-refractivity contribution in [2.24, 2.45) is 11.3 Å². The van der Waals surface area contributed by atoms with Crippen molar-refractivity contribution in [3.05, 3.63) is 0 Å². The first-order valence-electron chi connectivity index (χ1n) is 12.0. The number of piperidine rings is 1. The summed E-state index contributed by atoms with van der Waals surface area (Å²) in [5.74, 6) is 0.381. The van der Waals surface area contributed by atoms with E-state index in [1.807, 2.05) is 0 Å². The monoisotopic (exact) mass is 380 g/mol. The van der Waals surface area contributed by atoms with Gasteiger partial charge in [0.1, 0.15) is 0 Å². The summed E-state index contributed by atoms with van der Waals surface area (Å²) >= 11 is 0. The van der Waals surface area contributed by atoms with Gasteiger partial charge in [0.2, 0.25) is 5.91 Å². The molecule has 0 bridgehead atoms. The molecule has 2 aliphatic carbocycles. The van der Waals surface area contributed by atoms with E-state index in [9.17, 15) is 9.59 Å². The van der Waals surface area contributed by atoms with Gasteiger partial charge in [0.25, 0.3) is 0 Å². The summed E-state index contributed by atoms with van der Waals surface area (Å²) in [5.41, 5.74) is 0.199. The molecule has 2 saturated heterocycles. The molecule has 2 aliphatic heterocycles. The number of nitrogens with one attached hydrogen (secondary N) is 1. The number of hydrogen-bond acceptors (Lipinski definition) is 4. The van der Waals surface area contributed by atoms with Gasteiger partial charge >= 0.3 is 6.09 Å². The largest absolute Gasteiger partial charge is 0.450 e. The maximum atomic E-state index is 12.6. The second-order valence-electron chi connectivity index (χ2n) is 9.50. The zero-order chi connectivity index (χ0) is 21.6. The molecule has 2 saturated carbocycles. The molecule has 0 aromatic heterocycles. The van der Waals surface area contributed by atoms with Gasteiger partial charge in [-0.2, -0.15) is 0 Å². The second kappa shape index (κ2) is 7.26. The Morgan fingerprint density at radius 3 is 2.56 bits per heavy atom. The third-order valence-corrected chi connectivity index (χ3v) is 7.53. The Morgan fingerprint density at radius 1 is 1.19 bits per heavy atom. The van der Waals surface area contributed by atoms with Crippen molar-refractivity contribution >= 4 is 12.0 Å². The average Bonchev–Trinajstić information content (AvgIpc) is 3.09. The van der Waals surface area contributed by atoms with Crippen molar-refractivity contribution in [2.75, 3.05) is 32.8 Å². The van der Waals surface area contributed by atoms with Gasteiger partial charge in [-0.1, -0.05) is 0 Å². The molecule has 4 rings (SSSR count). The van der Waals surface area contributed by atoms with Crippen molar-refractivity contribution in [3.63, 3.8) is 0 Å². The molecule has 1 spiro atoms. The number of ether oxygens (including phenoxy) is 1. The van der Waals surface area contributed by atoms with Crippen LogP contribution in [0.15, 0.2) is 0 Å². The Hall–Kier alpha value is -1.30. The van der Waals surface area contributed by atoms with E-state index in [4.69, 9.17) is 8.85 Å². The molecule has 27 heavy (non-hydrogen) atoms. The fraction of sp³-hybridized carbons (Fsp3) is 0.905. The van der Waals surface area contributed by atoms with E-state index in [1.165, 1.54) is 6.42 Å². The molecule has 6 nitrogen and oxygen atoms in total. The number of hydrogen-bond donors (Lipinski definition) is 1. The number of likely N-dealkylation sites (tertiary alicyclic amines) is 2. The quantitative estimate of drug-likeness (QED) is 0.815. The minimum atomic E-state index is -2.24. The standard InChI is InChI=1S/C21H35N3O3/c1-3-27-19(26)24-12-9-21(15-24)13-17(14-21)23-10-5-16(6-11-23)18(25)22-20(2)7-4-8-20/h16-17H,3-15H2,1-2H3,(H,22,25)/t17-,21-/i1D3. The molecular weight excluding hydrogens is 342 g/mol. The summed E-state index contributed by atoms with van der Waals surface area (Å²) in [6.45, 7) is 2.64. The summed E-state index contributed by atoms with van der Waals surface area (Å²) < 4.78 is 26.4. The number of amides is 2. The molecule has 152 valence electrons. The first-order valence-corrected chi connectivity index (χ1v) is 10.5. The minimum absolute atomic E-state index is 0.0353. The lowest BCUT2D eigenvalue weighted by atomic mass is 9.64. The Bertz CT molecular complexity index is 666. The fourth-order valence-corrected chi connectivity index (χ4v) is 5.53. The van der Waals surface area contributed by atoms with Crippen LogP contribution in [0.4, 0.5) is 4.79 Å². The molecule has 0 radical (unpaired) electrons. The average molecular weight is 381 g/mol. The van der Waals surface area contributed by atoms with Crippen molar-refractivity contribution in [2.45, 2.75) is 76.7 Å². The zero-order valence-corrected chi connectivity index (χ0v) is 16.5. The van der Waals surface area contributed by atoms with Crippen LogP contribution in [0.25, 0.3) is 0 Å². The lowest BCUT2D eigenvalue weighted by Crippen LogP contribution is -2.56. The van der Waals surface area contributed by atoms with Crippen molar-refractivity contribution in [1.82, 2.24) is 15.1 Å². The molecule has 2 heterocycles. The second-order valence-corrected chi connectivity index (χ2v) is 9.50. The number of carbonyl (C=O) groups is 2. The Kier molecular flexibility index (Phi) is 4.20. The molecule has 0 atom stereocenters. The highest BCUT2D eigenvalue weighted by Gasteiger charge is 2.51. The van der Waals surface area contributed by atoms with Crippen LogP contribution in [0.3, 0.4) is 0 Å². The topological polar surface area (TPSA) is 61.9 Å². The maximum absolute atomic E-state index is 12.6. The van der Waals surface area contributed by atoms with Gasteiger partial charge in [0.15, 0.2) is 0 Å². The lowest BCUT2D eigenvalue weighted by molar-refractivity contribution is -0.130. The molecule has 6 heteroatoms. The van der Waals surface area contributed by atoms with Crippen LogP contribution < -0.4 is 5.32 Å². The third kappa shape index (κ3) is 3.82. The van der Waals surface area contributed by atoms with Crippen LogP contribution in [0.5, 0.6) is 0 Å². The Balaban J connectivity index is 1.17. The van der Waals surface area contributed by atoms with Crippen molar-refractivity contribution < 1.29 is 18.4 Å². The predicted octanol–water partition coefficient (Wildman–Crippen LogP) is 2.77. The van der Waals surface area contributed by atoms with Crippen LogP contribution >= 0.6 is 0 Å². The van der Waals surface area contributed by atoms with Gasteiger partial charge in [0.05, 0.1) is 6.61 Å². The Labute approximate surface area is 167 Å². The smallest absolute Gasteiger partial charge is 0.409 e. The van der Waals surface area contributed by atoms with E-state index in [0.717, 1.165) is 58.0 Å². The normalized spacial score (nSPS) is 35.5. The summed E-state index contributed by atoms with van der Waals surface area (Å²) in [7, 11) is 0. The maximum Gasteiger partial charge on any atom is 0.409 e. The SMILES string of the molecule is [2H]C([2H])([2H])COC(=O)N1CC[C@]2(C1)C[C@H](N1CCC(C(=O)NC3(C)CCC3)CC1)C2. The van der Waals surface area contributed by atoms with Crippen molar-refractivity contribution in [3.8, 4) is 0 Å². The van der Waals surface area contributed by atoms with Gasteiger partial charge in [-0.3, -0.25) is 4.79 Å². The molecule has 0 aromatic carbocycles. The highest BCUT2D eigenvalue weighted by molar-refractivity contribution is 5.79.